The van der Waals surface area contributed by atoms with E-state index in [1.807, 2.05) is 0 Å². The summed E-state index contributed by atoms with van der Waals surface area (Å²) in [5.41, 5.74) is 16.5. The molecule has 12 aromatic carbocycles. The van der Waals surface area contributed by atoms with E-state index in [2.05, 4.69) is 276 Å². The number of fused-ring (bicyclic) bond motifs is 6. The number of aromatic nitrogens is 1. The van der Waals surface area contributed by atoms with Gasteiger partial charge in [-0.2, -0.15) is 0 Å². The number of benzene rings is 12. The van der Waals surface area contributed by atoms with Crippen LogP contribution >= 0.6 is 0 Å². The Bertz CT molecular complexity index is 3920. The maximum Gasteiger partial charge on any atom is 0.0542 e. The van der Waals surface area contributed by atoms with Crippen molar-refractivity contribution in [1.82, 2.24) is 4.57 Å². The smallest absolute Gasteiger partial charge is 0.0542 e. The normalized spacial score (nSPS) is 11.5. The van der Waals surface area contributed by atoms with Gasteiger partial charge in [0.15, 0.2) is 0 Å². The largest absolute Gasteiger partial charge is 0.310 e. The molecule has 0 bridgehead atoms. The molecule has 0 unspecified atom stereocenters. The van der Waals surface area contributed by atoms with Crippen molar-refractivity contribution in [3.8, 4) is 50.2 Å². The Hall–Kier alpha value is -8.98. The lowest BCUT2D eigenvalue weighted by Crippen LogP contribution is -2.10. The van der Waals surface area contributed by atoms with Crippen LogP contribution in [0.4, 0.5) is 17.1 Å². The van der Waals surface area contributed by atoms with Crippen LogP contribution in [0, 0.1) is 0 Å². The molecule has 13 aromatic rings. The first-order chi connectivity index (χ1) is 33.7. The third-order valence-corrected chi connectivity index (χ3v) is 13.8. The fraction of sp³-hybridized carbons (Fsp3) is 0. The third-order valence-electron chi connectivity index (χ3n) is 13.8. The van der Waals surface area contributed by atoms with E-state index in [0.717, 1.165) is 22.7 Å². The first-order valence-corrected chi connectivity index (χ1v) is 23.4. The lowest BCUT2D eigenvalue weighted by atomic mass is 9.85. The summed E-state index contributed by atoms with van der Waals surface area (Å²) in [6.07, 6.45) is 0. The summed E-state index contributed by atoms with van der Waals surface area (Å²) in [7, 11) is 0. The molecule has 0 amide bonds. The van der Waals surface area contributed by atoms with E-state index in [-0.39, 0.29) is 0 Å². The number of rotatable bonds is 8. The lowest BCUT2D eigenvalue weighted by molar-refractivity contribution is 1.18. The van der Waals surface area contributed by atoms with Gasteiger partial charge in [0, 0.05) is 33.5 Å². The molecule has 68 heavy (non-hydrogen) atoms. The van der Waals surface area contributed by atoms with Crippen LogP contribution in [0.15, 0.2) is 267 Å². The van der Waals surface area contributed by atoms with Crippen molar-refractivity contribution in [2.75, 3.05) is 4.90 Å². The van der Waals surface area contributed by atoms with Crippen LogP contribution < -0.4 is 4.90 Å². The highest BCUT2D eigenvalue weighted by atomic mass is 15.1. The van der Waals surface area contributed by atoms with Crippen molar-refractivity contribution in [2.45, 2.75) is 0 Å². The molecule has 1 heterocycles. The minimum absolute atomic E-state index is 1.08. The van der Waals surface area contributed by atoms with Crippen LogP contribution in [-0.2, 0) is 0 Å². The summed E-state index contributed by atoms with van der Waals surface area (Å²) in [6, 6.07) is 97.4. The van der Waals surface area contributed by atoms with E-state index in [1.54, 1.807) is 0 Å². The molecule has 0 aliphatic rings. The molecule has 318 valence electrons. The zero-order valence-electron chi connectivity index (χ0n) is 37.3. The van der Waals surface area contributed by atoms with Gasteiger partial charge in [0.25, 0.3) is 0 Å². The highest BCUT2D eigenvalue weighted by molar-refractivity contribution is 6.21. The minimum Gasteiger partial charge on any atom is -0.310 e. The highest BCUT2D eigenvalue weighted by Crippen LogP contribution is 2.46. The van der Waals surface area contributed by atoms with Crippen LogP contribution in [-0.4, -0.2) is 4.57 Å². The molecule has 13 rings (SSSR count). The standard InChI is InChI=1S/C66H44N2/c1-3-16-45(17-4-1)46-30-32-49(33-31-46)65-58-24-9-11-26-60(58)66(61-27-12-10-25-59(61)65)50-36-40-53(41-37-50)67(52-38-34-48(35-39-52)56-28-15-19-47-18-7-8-22-55(47)56)54-42-43-64-62(44-54)57-23-13-14-29-63(57)68(64)51-20-5-2-6-21-51/h1-44H. The maximum absolute atomic E-state index is 2.41. The van der Waals surface area contributed by atoms with E-state index >= 15 is 0 Å². The second kappa shape index (κ2) is 16.5. The maximum atomic E-state index is 2.41. The van der Waals surface area contributed by atoms with E-state index in [9.17, 15) is 0 Å². The van der Waals surface area contributed by atoms with Crippen molar-refractivity contribution in [3.05, 3.63) is 267 Å². The van der Waals surface area contributed by atoms with Gasteiger partial charge in [-0.25, -0.2) is 0 Å². The van der Waals surface area contributed by atoms with Crippen LogP contribution in [0.2, 0.25) is 0 Å². The van der Waals surface area contributed by atoms with Gasteiger partial charge in [-0.05, 0) is 137 Å². The number of nitrogens with zero attached hydrogens (tertiary/aromatic N) is 2. The molecule has 0 atom stereocenters. The SMILES string of the molecule is c1ccc(-c2ccc(-c3c4ccccc4c(-c4ccc(N(c5ccc(-c6cccc7ccccc67)cc5)c5ccc6c(c5)c5ccccc5n6-c5ccccc5)cc4)c4ccccc34)cc2)cc1. The first-order valence-electron chi connectivity index (χ1n) is 23.4. The van der Waals surface area contributed by atoms with Crippen LogP contribution in [0.5, 0.6) is 0 Å². The van der Waals surface area contributed by atoms with E-state index < -0.39 is 0 Å². The number of hydrogen-bond donors (Lipinski definition) is 0. The quantitative estimate of drug-likeness (QED) is 0.138. The predicted octanol–water partition coefficient (Wildman–Crippen LogP) is 18.4. The van der Waals surface area contributed by atoms with E-state index in [4.69, 9.17) is 0 Å². The Kier molecular flexibility index (Phi) is 9.54. The first kappa shape index (κ1) is 39.4. The number of para-hydroxylation sites is 2. The van der Waals surface area contributed by atoms with Gasteiger partial charge < -0.3 is 9.47 Å². The van der Waals surface area contributed by atoms with Crippen molar-refractivity contribution in [1.29, 1.82) is 0 Å². The van der Waals surface area contributed by atoms with Gasteiger partial charge in [-0.1, -0.05) is 206 Å². The zero-order valence-corrected chi connectivity index (χ0v) is 37.3. The molecule has 0 saturated heterocycles. The van der Waals surface area contributed by atoms with Crippen molar-refractivity contribution in [3.63, 3.8) is 0 Å². The van der Waals surface area contributed by atoms with Gasteiger partial charge in [0.05, 0.1) is 11.0 Å². The molecule has 0 aliphatic carbocycles. The van der Waals surface area contributed by atoms with Crippen molar-refractivity contribution in [2.24, 2.45) is 0 Å². The average molecular weight is 865 g/mol. The Morgan fingerprint density at radius 3 is 1.29 bits per heavy atom. The Balaban J connectivity index is 0.957. The highest BCUT2D eigenvalue weighted by Gasteiger charge is 2.20. The molecular formula is C66H44N2. The molecule has 1 aromatic heterocycles. The Morgan fingerprint density at radius 1 is 0.250 bits per heavy atom. The zero-order chi connectivity index (χ0) is 45.0. The monoisotopic (exact) mass is 864 g/mol. The fourth-order valence-electron chi connectivity index (χ4n) is 10.7. The summed E-state index contributed by atoms with van der Waals surface area (Å²) in [6.45, 7) is 0. The van der Waals surface area contributed by atoms with Gasteiger partial charge in [0.2, 0.25) is 0 Å². The predicted molar refractivity (Wildman–Crippen MR) is 290 cm³/mol. The van der Waals surface area contributed by atoms with Crippen LogP contribution in [0.3, 0.4) is 0 Å². The lowest BCUT2D eigenvalue weighted by Gasteiger charge is -2.26. The van der Waals surface area contributed by atoms with Gasteiger partial charge >= 0.3 is 0 Å². The fourth-order valence-corrected chi connectivity index (χ4v) is 10.7. The van der Waals surface area contributed by atoms with E-state index in [1.165, 1.54) is 98.6 Å². The van der Waals surface area contributed by atoms with Crippen molar-refractivity contribution < 1.29 is 0 Å². The number of hydrogen-bond acceptors (Lipinski definition) is 1. The number of anilines is 3. The van der Waals surface area contributed by atoms with Crippen LogP contribution in [0.25, 0.3) is 104 Å². The molecule has 0 aliphatic heterocycles. The molecule has 0 radical (unpaired) electrons. The summed E-state index contributed by atoms with van der Waals surface area (Å²) < 4.78 is 2.38. The molecule has 0 fully saturated rings. The minimum atomic E-state index is 1.08. The molecule has 0 saturated carbocycles. The third kappa shape index (κ3) is 6.65. The molecule has 2 heteroatoms. The van der Waals surface area contributed by atoms with E-state index in [0.29, 0.717) is 0 Å². The summed E-state index contributed by atoms with van der Waals surface area (Å²) in [5, 5.41) is 9.90. The second-order valence-corrected chi connectivity index (χ2v) is 17.6. The molecule has 0 N–H and O–H groups in total. The van der Waals surface area contributed by atoms with Gasteiger partial charge in [-0.3, -0.25) is 0 Å². The summed E-state index contributed by atoms with van der Waals surface area (Å²) in [4.78, 5) is 2.41. The second-order valence-electron chi connectivity index (χ2n) is 17.6. The summed E-state index contributed by atoms with van der Waals surface area (Å²) >= 11 is 0. The molecule has 2 nitrogen and oxygen atoms in total. The summed E-state index contributed by atoms with van der Waals surface area (Å²) in [5.74, 6) is 0. The van der Waals surface area contributed by atoms with Gasteiger partial charge in [-0.15, -0.1) is 0 Å². The topological polar surface area (TPSA) is 8.17 Å². The van der Waals surface area contributed by atoms with Crippen molar-refractivity contribution >= 4 is 71.2 Å². The Morgan fingerprint density at radius 2 is 0.676 bits per heavy atom. The average Bonchev–Trinajstić information content (AvgIpc) is 3.75. The van der Waals surface area contributed by atoms with Crippen LogP contribution in [0.1, 0.15) is 0 Å². The molecular weight excluding hydrogens is 821 g/mol. The van der Waals surface area contributed by atoms with Gasteiger partial charge in [0.1, 0.15) is 0 Å². The molecule has 0 spiro atoms. The Labute approximate surface area is 395 Å².